The van der Waals surface area contributed by atoms with E-state index in [2.05, 4.69) is 17.1 Å². The van der Waals surface area contributed by atoms with Crippen molar-refractivity contribution >= 4 is 11.6 Å². The van der Waals surface area contributed by atoms with E-state index >= 15 is 0 Å². The van der Waals surface area contributed by atoms with Gasteiger partial charge >= 0.3 is 0 Å². The highest BCUT2D eigenvalue weighted by atomic mass is 16.2. The summed E-state index contributed by atoms with van der Waals surface area (Å²) in [5.74, 6) is -0.0460. The summed E-state index contributed by atoms with van der Waals surface area (Å²) >= 11 is 0. The molecule has 0 aliphatic carbocycles. The minimum atomic E-state index is -0.0460. The van der Waals surface area contributed by atoms with Crippen LogP contribution in [0.15, 0.2) is 12.4 Å². The van der Waals surface area contributed by atoms with Crippen LogP contribution in [0, 0.1) is 13.8 Å². The molecule has 6 nitrogen and oxygen atoms in total. The average molecular weight is 275 g/mol. The minimum absolute atomic E-state index is 0.0460. The molecule has 0 spiro atoms. The van der Waals surface area contributed by atoms with Crippen LogP contribution in [-0.4, -0.2) is 32.5 Å². The molecule has 2 heterocycles. The van der Waals surface area contributed by atoms with Crippen LogP contribution in [0.1, 0.15) is 35.1 Å². The molecule has 0 atom stereocenters. The number of anilines is 1. The van der Waals surface area contributed by atoms with E-state index in [4.69, 9.17) is 0 Å². The third-order valence-corrected chi connectivity index (χ3v) is 3.41. The second kappa shape index (κ2) is 5.48. The molecule has 20 heavy (non-hydrogen) atoms. The topological polar surface area (TPSA) is 56.0 Å². The van der Waals surface area contributed by atoms with Crippen molar-refractivity contribution in [3.8, 4) is 0 Å². The number of carbonyl (C=O) groups is 1. The van der Waals surface area contributed by atoms with Crippen molar-refractivity contribution in [2.75, 3.05) is 11.9 Å². The van der Waals surface area contributed by atoms with Crippen molar-refractivity contribution in [3.63, 3.8) is 0 Å². The minimum Gasteiger partial charge on any atom is -0.308 e. The van der Waals surface area contributed by atoms with Crippen LogP contribution in [0.5, 0.6) is 0 Å². The molecule has 0 fully saturated rings. The monoisotopic (exact) mass is 275 g/mol. The first-order valence-corrected chi connectivity index (χ1v) is 6.76. The highest BCUT2D eigenvalue weighted by molar-refractivity contribution is 6.07. The van der Waals surface area contributed by atoms with E-state index in [9.17, 15) is 4.79 Å². The maximum Gasteiger partial charge on any atom is 0.261 e. The van der Waals surface area contributed by atoms with Crippen LogP contribution in [0.4, 0.5) is 5.69 Å². The van der Waals surface area contributed by atoms with Gasteiger partial charge in [-0.05, 0) is 20.3 Å². The summed E-state index contributed by atoms with van der Waals surface area (Å²) in [4.78, 5) is 14.3. The fraction of sp³-hybridized carbons (Fsp3) is 0.500. The Bertz CT molecular complexity index is 626. The van der Waals surface area contributed by atoms with Gasteiger partial charge in [-0.2, -0.15) is 10.2 Å². The smallest absolute Gasteiger partial charge is 0.261 e. The molecule has 2 aromatic heterocycles. The molecule has 6 heteroatoms. The lowest BCUT2D eigenvalue weighted by molar-refractivity contribution is 0.0991. The van der Waals surface area contributed by atoms with Gasteiger partial charge in [-0.25, -0.2) is 0 Å². The first-order valence-electron chi connectivity index (χ1n) is 6.76. The van der Waals surface area contributed by atoms with Crippen LogP contribution < -0.4 is 4.90 Å². The van der Waals surface area contributed by atoms with Gasteiger partial charge in [-0.1, -0.05) is 6.92 Å². The zero-order valence-corrected chi connectivity index (χ0v) is 12.7. The van der Waals surface area contributed by atoms with E-state index in [0.717, 1.165) is 30.0 Å². The quantitative estimate of drug-likeness (QED) is 0.856. The third kappa shape index (κ3) is 2.45. The second-order valence-electron chi connectivity index (χ2n) is 5.01. The summed E-state index contributed by atoms with van der Waals surface area (Å²) in [6, 6.07) is 0. The Hall–Kier alpha value is -2.11. The van der Waals surface area contributed by atoms with Crippen LogP contribution >= 0.6 is 0 Å². The van der Waals surface area contributed by atoms with E-state index < -0.39 is 0 Å². The fourth-order valence-electron chi connectivity index (χ4n) is 2.30. The van der Waals surface area contributed by atoms with Gasteiger partial charge in [-0.3, -0.25) is 14.2 Å². The van der Waals surface area contributed by atoms with Crippen LogP contribution in [0.25, 0.3) is 0 Å². The number of aryl methyl sites for hydroxylation is 3. The summed E-state index contributed by atoms with van der Waals surface area (Å²) < 4.78 is 3.58. The van der Waals surface area contributed by atoms with E-state index in [1.54, 1.807) is 22.8 Å². The number of aromatic nitrogens is 4. The van der Waals surface area contributed by atoms with Crippen LogP contribution in [-0.2, 0) is 13.6 Å². The molecule has 0 radical (unpaired) electrons. The van der Waals surface area contributed by atoms with Crippen molar-refractivity contribution in [2.45, 2.75) is 33.7 Å². The molecule has 2 aromatic rings. The standard InChI is InChI=1S/C14H21N5O/c1-6-7-19-11(3)13(10(2)16-19)14(20)18(5)12-8-15-17(4)9-12/h8-9H,6-7H2,1-5H3. The van der Waals surface area contributed by atoms with Gasteiger partial charge in [0.25, 0.3) is 5.91 Å². The molecule has 2 rings (SSSR count). The third-order valence-electron chi connectivity index (χ3n) is 3.41. The molecule has 0 aromatic carbocycles. The van der Waals surface area contributed by atoms with E-state index in [1.165, 1.54) is 0 Å². The predicted molar refractivity (Wildman–Crippen MR) is 77.9 cm³/mol. The van der Waals surface area contributed by atoms with Crippen molar-refractivity contribution < 1.29 is 4.79 Å². The van der Waals surface area contributed by atoms with E-state index in [0.29, 0.717) is 5.56 Å². The van der Waals surface area contributed by atoms with E-state index in [-0.39, 0.29) is 5.91 Å². The Morgan fingerprint density at radius 2 is 2.10 bits per heavy atom. The molecular weight excluding hydrogens is 254 g/mol. The molecular formula is C14H21N5O. The molecule has 0 aliphatic heterocycles. The lowest BCUT2D eigenvalue weighted by Crippen LogP contribution is -2.27. The van der Waals surface area contributed by atoms with Crippen LogP contribution in [0.3, 0.4) is 0 Å². The van der Waals surface area contributed by atoms with Gasteiger partial charge in [0.2, 0.25) is 0 Å². The van der Waals surface area contributed by atoms with Crippen molar-refractivity contribution in [2.24, 2.45) is 7.05 Å². The summed E-state index contributed by atoms with van der Waals surface area (Å²) in [6.07, 6.45) is 4.49. The molecule has 0 aliphatic rings. The summed E-state index contributed by atoms with van der Waals surface area (Å²) in [7, 11) is 3.59. The van der Waals surface area contributed by atoms with Gasteiger partial charge in [0.05, 0.1) is 23.1 Å². The normalized spacial score (nSPS) is 10.8. The lowest BCUT2D eigenvalue weighted by Gasteiger charge is -2.15. The second-order valence-corrected chi connectivity index (χ2v) is 5.01. The largest absolute Gasteiger partial charge is 0.308 e. The summed E-state index contributed by atoms with van der Waals surface area (Å²) in [5, 5.41) is 8.55. The maximum absolute atomic E-state index is 12.6. The highest BCUT2D eigenvalue weighted by Gasteiger charge is 2.22. The van der Waals surface area contributed by atoms with Gasteiger partial charge in [0.1, 0.15) is 0 Å². The van der Waals surface area contributed by atoms with Gasteiger partial charge in [0, 0.05) is 32.5 Å². The van der Waals surface area contributed by atoms with Crippen molar-refractivity contribution in [1.82, 2.24) is 19.6 Å². The number of hydrogen-bond donors (Lipinski definition) is 0. The Kier molecular flexibility index (Phi) is 3.92. The molecule has 108 valence electrons. The van der Waals surface area contributed by atoms with Gasteiger partial charge in [-0.15, -0.1) is 0 Å². The number of nitrogens with zero attached hydrogens (tertiary/aromatic N) is 5. The number of rotatable bonds is 4. The Labute approximate surface area is 119 Å². The van der Waals surface area contributed by atoms with E-state index in [1.807, 2.05) is 31.8 Å². The molecule has 0 bridgehead atoms. The zero-order chi connectivity index (χ0) is 14.9. The molecule has 0 unspecified atom stereocenters. The fourth-order valence-corrected chi connectivity index (χ4v) is 2.30. The molecule has 0 saturated heterocycles. The summed E-state index contributed by atoms with van der Waals surface area (Å²) in [5.41, 5.74) is 3.16. The zero-order valence-electron chi connectivity index (χ0n) is 12.7. The average Bonchev–Trinajstić information content (AvgIpc) is 2.94. The highest BCUT2D eigenvalue weighted by Crippen LogP contribution is 2.19. The maximum atomic E-state index is 12.6. The van der Waals surface area contributed by atoms with Crippen molar-refractivity contribution in [1.29, 1.82) is 0 Å². The first kappa shape index (κ1) is 14.3. The van der Waals surface area contributed by atoms with Crippen LogP contribution in [0.2, 0.25) is 0 Å². The predicted octanol–water partition coefficient (Wildman–Crippen LogP) is 1.92. The molecule has 1 amide bonds. The number of hydrogen-bond acceptors (Lipinski definition) is 3. The molecule has 0 N–H and O–H groups in total. The lowest BCUT2D eigenvalue weighted by atomic mass is 10.1. The molecule has 0 saturated carbocycles. The Morgan fingerprint density at radius 3 is 2.65 bits per heavy atom. The Morgan fingerprint density at radius 1 is 1.40 bits per heavy atom. The Balaban J connectivity index is 2.33. The van der Waals surface area contributed by atoms with Gasteiger partial charge in [0.15, 0.2) is 0 Å². The number of amides is 1. The van der Waals surface area contributed by atoms with Gasteiger partial charge < -0.3 is 4.90 Å². The summed E-state index contributed by atoms with van der Waals surface area (Å²) in [6.45, 7) is 6.75. The SMILES string of the molecule is CCCn1nc(C)c(C(=O)N(C)c2cnn(C)c2)c1C. The van der Waals surface area contributed by atoms with Crippen molar-refractivity contribution in [3.05, 3.63) is 29.3 Å². The number of carbonyl (C=O) groups excluding carboxylic acids is 1. The first-order chi connectivity index (χ1) is 9.45.